The smallest absolute Gasteiger partial charge is 0.154 e. The van der Waals surface area contributed by atoms with Crippen molar-refractivity contribution in [2.24, 2.45) is 0 Å². The first-order valence-electron chi connectivity index (χ1n) is 4.80. The number of rotatable bonds is 5. The standard InChI is InChI=1S/C9H16ClNO2S/c10-5-1-2-6-11-8-9-4-3-7-14(9,12)13/h1-2,9,11H,3-8H2/b2-1+. The van der Waals surface area contributed by atoms with Crippen LogP contribution in [0.1, 0.15) is 12.8 Å². The summed E-state index contributed by atoms with van der Waals surface area (Å²) in [5, 5.41) is 2.92. The number of sulfone groups is 1. The van der Waals surface area contributed by atoms with Crippen LogP contribution in [-0.4, -0.2) is 38.4 Å². The molecule has 14 heavy (non-hydrogen) atoms. The molecule has 0 bridgehead atoms. The van der Waals surface area contributed by atoms with Crippen LogP contribution in [0.15, 0.2) is 12.2 Å². The van der Waals surface area contributed by atoms with E-state index in [2.05, 4.69) is 5.32 Å². The van der Waals surface area contributed by atoms with Crippen molar-refractivity contribution in [3.63, 3.8) is 0 Å². The summed E-state index contributed by atoms with van der Waals surface area (Å²) < 4.78 is 22.8. The monoisotopic (exact) mass is 237 g/mol. The van der Waals surface area contributed by atoms with Gasteiger partial charge in [-0.1, -0.05) is 12.2 Å². The zero-order valence-electron chi connectivity index (χ0n) is 8.08. The van der Waals surface area contributed by atoms with E-state index in [0.29, 0.717) is 24.7 Å². The summed E-state index contributed by atoms with van der Waals surface area (Å²) in [5.74, 6) is 0.861. The molecule has 0 saturated carbocycles. The first-order chi connectivity index (χ1) is 6.67. The molecule has 1 unspecified atom stereocenters. The SMILES string of the molecule is O=S1(=O)CCCC1CNC/C=C/CCl. The van der Waals surface area contributed by atoms with Crippen LogP contribution in [0.25, 0.3) is 0 Å². The number of halogens is 1. The summed E-state index contributed by atoms with van der Waals surface area (Å²) >= 11 is 5.44. The Bertz CT molecular complexity index is 287. The fraction of sp³-hybridized carbons (Fsp3) is 0.778. The van der Waals surface area contributed by atoms with E-state index in [4.69, 9.17) is 11.6 Å². The molecule has 1 fully saturated rings. The topological polar surface area (TPSA) is 46.2 Å². The van der Waals surface area contributed by atoms with Gasteiger partial charge in [0.15, 0.2) is 9.84 Å². The molecule has 0 aromatic heterocycles. The highest BCUT2D eigenvalue weighted by molar-refractivity contribution is 7.92. The van der Waals surface area contributed by atoms with E-state index in [1.54, 1.807) is 0 Å². The molecule has 0 spiro atoms. The summed E-state index contributed by atoms with van der Waals surface area (Å²) in [4.78, 5) is 0. The summed E-state index contributed by atoms with van der Waals surface area (Å²) in [6, 6.07) is 0. The summed E-state index contributed by atoms with van der Waals surface area (Å²) in [6.45, 7) is 1.26. The van der Waals surface area contributed by atoms with E-state index < -0.39 is 9.84 Å². The van der Waals surface area contributed by atoms with Crippen molar-refractivity contribution in [1.29, 1.82) is 0 Å². The summed E-state index contributed by atoms with van der Waals surface area (Å²) in [5.41, 5.74) is 0. The number of hydrogen-bond donors (Lipinski definition) is 1. The second-order valence-electron chi connectivity index (χ2n) is 3.42. The van der Waals surface area contributed by atoms with E-state index in [1.807, 2.05) is 12.2 Å². The quantitative estimate of drug-likeness (QED) is 0.440. The normalized spacial score (nSPS) is 25.9. The highest BCUT2D eigenvalue weighted by atomic mass is 35.5. The fourth-order valence-electron chi connectivity index (χ4n) is 1.56. The van der Waals surface area contributed by atoms with Gasteiger partial charge in [0.1, 0.15) is 0 Å². The van der Waals surface area contributed by atoms with Gasteiger partial charge in [-0.2, -0.15) is 0 Å². The lowest BCUT2D eigenvalue weighted by Gasteiger charge is -2.08. The molecule has 1 aliphatic rings. The van der Waals surface area contributed by atoms with Crippen LogP contribution in [0.3, 0.4) is 0 Å². The van der Waals surface area contributed by atoms with Crippen molar-refractivity contribution in [2.45, 2.75) is 18.1 Å². The van der Waals surface area contributed by atoms with Gasteiger partial charge in [0.2, 0.25) is 0 Å². The van der Waals surface area contributed by atoms with Crippen molar-refractivity contribution in [3.05, 3.63) is 12.2 Å². The van der Waals surface area contributed by atoms with Gasteiger partial charge >= 0.3 is 0 Å². The highest BCUT2D eigenvalue weighted by Gasteiger charge is 2.30. The van der Waals surface area contributed by atoms with Gasteiger partial charge in [-0.05, 0) is 12.8 Å². The third-order valence-electron chi connectivity index (χ3n) is 2.35. The molecule has 1 rings (SSSR count). The van der Waals surface area contributed by atoms with Gasteiger partial charge in [-0.25, -0.2) is 8.42 Å². The average molecular weight is 238 g/mol. The van der Waals surface area contributed by atoms with Crippen molar-refractivity contribution in [3.8, 4) is 0 Å². The van der Waals surface area contributed by atoms with Gasteiger partial charge < -0.3 is 5.32 Å². The zero-order valence-corrected chi connectivity index (χ0v) is 9.65. The second kappa shape index (κ2) is 5.73. The van der Waals surface area contributed by atoms with Crippen LogP contribution < -0.4 is 5.32 Å². The Balaban J connectivity index is 2.22. The second-order valence-corrected chi connectivity index (χ2v) is 6.12. The summed E-state index contributed by atoms with van der Waals surface area (Å²) in [6.07, 6.45) is 5.37. The Morgan fingerprint density at radius 1 is 1.43 bits per heavy atom. The lowest BCUT2D eigenvalue weighted by Crippen LogP contribution is -2.30. The van der Waals surface area contributed by atoms with Crippen LogP contribution in [0.4, 0.5) is 0 Å². The van der Waals surface area contributed by atoms with Crippen molar-refractivity contribution >= 4 is 21.4 Å². The number of nitrogens with one attached hydrogen (secondary N) is 1. The molecule has 1 heterocycles. The Kier molecular flexibility index (Phi) is 4.92. The van der Waals surface area contributed by atoms with Crippen LogP contribution >= 0.6 is 11.6 Å². The van der Waals surface area contributed by atoms with Gasteiger partial charge in [0.25, 0.3) is 0 Å². The molecule has 1 N–H and O–H groups in total. The largest absolute Gasteiger partial charge is 0.312 e. The number of alkyl halides is 1. The van der Waals surface area contributed by atoms with Crippen LogP contribution in [-0.2, 0) is 9.84 Å². The lowest BCUT2D eigenvalue weighted by molar-refractivity contribution is 0.580. The molecule has 3 nitrogen and oxygen atoms in total. The Hall–Kier alpha value is -0.0600. The first-order valence-corrected chi connectivity index (χ1v) is 7.05. The molecule has 1 saturated heterocycles. The predicted molar refractivity (Wildman–Crippen MR) is 59.5 cm³/mol. The van der Waals surface area contributed by atoms with Crippen LogP contribution in [0.2, 0.25) is 0 Å². The maximum atomic E-state index is 11.4. The molecule has 82 valence electrons. The molecular weight excluding hydrogens is 222 g/mol. The number of allylic oxidation sites excluding steroid dienone is 1. The predicted octanol–water partition coefficient (Wildman–Crippen LogP) is 0.948. The Morgan fingerprint density at radius 2 is 2.21 bits per heavy atom. The van der Waals surface area contributed by atoms with Crippen LogP contribution in [0.5, 0.6) is 0 Å². The Morgan fingerprint density at radius 3 is 2.79 bits per heavy atom. The van der Waals surface area contributed by atoms with E-state index in [-0.39, 0.29) is 5.25 Å². The van der Waals surface area contributed by atoms with Crippen LogP contribution in [0, 0.1) is 0 Å². The van der Waals surface area contributed by atoms with E-state index in [1.165, 1.54) is 0 Å². The molecule has 0 aliphatic carbocycles. The van der Waals surface area contributed by atoms with Gasteiger partial charge in [0.05, 0.1) is 11.0 Å². The summed E-state index contributed by atoms with van der Waals surface area (Å²) in [7, 11) is -2.79. The molecular formula is C9H16ClNO2S. The third-order valence-corrected chi connectivity index (χ3v) is 4.81. The minimum atomic E-state index is -2.79. The minimum Gasteiger partial charge on any atom is -0.312 e. The molecule has 0 radical (unpaired) electrons. The molecule has 1 aliphatic heterocycles. The highest BCUT2D eigenvalue weighted by Crippen LogP contribution is 2.18. The van der Waals surface area contributed by atoms with Crippen molar-refractivity contribution < 1.29 is 8.42 Å². The average Bonchev–Trinajstić information content (AvgIpc) is 2.45. The fourth-order valence-corrected chi connectivity index (χ4v) is 3.49. The number of hydrogen-bond acceptors (Lipinski definition) is 3. The molecule has 0 aromatic carbocycles. The molecule has 5 heteroatoms. The van der Waals surface area contributed by atoms with Gasteiger partial charge in [-0.3, -0.25) is 0 Å². The van der Waals surface area contributed by atoms with Crippen molar-refractivity contribution in [1.82, 2.24) is 5.32 Å². The Labute approximate surface area is 90.4 Å². The van der Waals surface area contributed by atoms with Gasteiger partial charge in [0, 0.05) is 19.0 Å². The maximum Gasteiger partial charge on any atom is 0.154 e. The van der Waals surface area contributed by atoms with E-state index >= 15 is 0 Å². The third kappa shape index (κ3) is 3.59. The maximum absolute atomic E-state index is 11.4. The molecule has 0 amide bonds. The molecule has 1 atom stereocenters. The zero-order chi connectivity index (χ0) is 10.4. The minimum absolute atomic E-state index is 0.174. The van der Waals surface area contributed by atoms with E-state index in [0.717, 1.165) is 12.8 Å². The lowest BCUT2D eigenvalue weighted by atomic mass is 10.2. The first kappa shape index (κ1) is 12.0. The van der Waals surface area contributed by atoms with E-state index in [9.17, 15) is 8.42 Å². The molecule has 0 aromatic rings. The van der Waals surface area contributed by atoms with Gasteiger partial charge in [-0.15, -0.1) is 11.6 Å². The van der Waals surface area contributed by atoms with Crippen molar-refractivity contribution in [2.75, 3.05) is 24.7 Å².